The number of halogens is 1. The summed E-state index contributed by atoms with van der Waals surface area (Å²) in [5.41, 5.74) is 2.03. The zero-order valence-electron chi connectivity index (χ0n) is 12.3. The first kappa shape index (κ1) is 15.9. The molecule has 112 valence electrons. The number of phenols is 1. The Kier molecular flexibility index (Phi) is 5.65. The predicted octanol–water partition coefficient (Wildman–Crippen LogP) is 4.40. The molecule has 0 aliphatic rings. The minimum Gasteiger partial charge on any atom is -0.504 e. The van der Waals surface area contributed by atoms with E-state index >= 15 is 0 Å². The first-order chi connectivity index (χ1) is 10.1. The van der Waals surface area contributed by atoms with Crippen LogP contribution in [0, 0.1) is 0 Å². The van der Waals surface area contributed by atoms with Gasteiger partial charge in [-0.3, -0.25) is 0 Å². The zero-order valence-corrected chi connectivity index (χ0v) is 13.9. The maximum atomic E-state index is 10.2. The van der Waals surface area contributed by atoms with E-state index in [9.17, 15) is 5.11 Å². The molecule has 0 spiro atoms. The van der Waals surface area contributed by atoms with Crippen LogP contribution < -0.4 is 10.1 Å². The van der Waals surface area contributed by atoms with Crippen LogP contribution in [0.1, 0.15) is 31.0 Å². The monoisotopic (exact) mass is 349 g/mol. The smallest absolute Gasteiger partial charge is 0.162 e. The van der Waals surface area contributed by atoms with Gasteiger partial charge in [0.15, 0.2) is 11.5 Å². The fourth-order valence-corrected chi connectivity index (χ4v) is 2.56. The van der Waals surface area contributed by atoms with Gasteiger partial charge in [0, 0.05) is 22.6 Å². The molecule has 0 saturated heterocycles. The Labute approximate surface area is 134 Å². The number of rotatable bonds is 6. The highest BCUT2D eigenvalue weighted by Gasteiger charge is 2.10. The van der Waals surface area contributed by atoms with Crippen LogP contribution in [0.15, 0.2) is 46.9 Å². The van der Waals surface area contributed by atoms with Crippen LogP contribution in [-0.4, -0.2) is 11.7 Å². The number of benzene rings is 2. The van der Waals surface area contributed by atoms with E-state index in [0.29, 0.717) is 18.9 Å². The maximum Gasteiger partial charge on any atom is 0.162 e. The topological polar surface area (TPSA) is 41.5 Å². The lowest BCUT2D eigenvalue weighted by atomic mass is 10.1. The lowest BCUT2D eigenvalue weighted by molar-refractivity contribution is 0.316. The van der Waals surface area contributed by atoms with Gasteiger partial charge in [0.2, 0.25) is 0 Å². The molecule has 0 radical (unpaired) electrons. The third-order valence-corrected chi connectivity index (χ3v) is 3.82. The van der Waals surface area contributed by atoms with Crippen LogP contribution in [0.3, 0.4) is 0 Å². The molecule has 2 aromatic carbocycles. The van der Waals surface area contributed by atoms with Gasteiger partial charge in [-0.2, -0.15) is 0 Å². The second-order valence-electron chi connectivity index (χ2n) is 4.85. The van der Waals surface area contributed by atoms with Crippen molar-refractivity contribution in [1.82, 2.24) is 5.32 Å². The molecule has 2 rings (SSSR count). The molecule has 2 N–H and O–H groups in total. The van der Waals surface area contributed by atoms with E-state index in [-0.39, 0.29) is 11.8 Å². The molecule has 0 unspecified atom stereocenters. The standard InChI is InChI=1S/C17H20BrNO2/c1-3-21-16-9-5-7-14(17(16)20)11-19-12(2)13-6-4-8-15(18)10-13/h4-10,12,19-20H,3,11H2,1-2H3/t12-/m0/s1. The molecule has 0 bridgehead atoms. The number of phenolic OH excluding ortho intramolecular Hbond substituents is 1. The quantitative estimate of drug-likeness (QED) is 0.811. The van der Waals surface area contributed by atoms with E-state index in [2.05, 4.69) is 40.3 Å². The lowest BCUT2D eigenvalue weighted by Crippen LogP contribution is -2.18. The third kappa shape index (κ3) is 4.22. The summed E-state index contributed by atoms with van der Waals surface area (Å²) in [6, 6.07) is 14.0. The highest BCUT2D eigenvalue weighted by Crippen LogP contribution is 2.30. The second kappa shape index (κ2) is 7.48. The molecule has 0 fully saturated rings. The van der Waals surface area contributed by atoms with E-state index in [0.717, 1.165) is 10.0 Å². The highest BCUT2D eigenvalue weighted by molar-refractivity contribution is 9.10. The highest BCUT2D eigenvalue weighted by atomic mass is 79.9. The molecule has 3 nitrogen and oxygen atoms in total. The molecule has 4 heteroatoms. The molecule has 0 saturated carbocycles. The van der Waals surface area contributed by atoms with Gasteiger partial charge in [-0.1, -0.05) is 40.2 Å². The fraction of sp³-hybridized carbons (Fsp3) is 0.294. The zero-order chi connectivity index (χ0) is 15.2. The number of hydrogen-bond acceptors (Lipinski definition) is 3. The number of hydrogen-bond donors (Lipinski definition) is 2. The molecule has 21 heavy (non-hydrogen) atoms. The van der Waals surface area contributed by atoms with E-state index in [1.54, 1.807) is 6.07 Å². The molecule has 0 aliphatic carbocycles. The largest absolute Gasteiger partial charge is 0.504 e. The van der Waals surface area contributed by atoms with E-state index in [1.807, 2.05) is 31.2 Å². The maximum absolute atomic E-state index is 10.2. The lowest BCUT2D eigenvalue weighted by Gasteiger charge is -2.16. The minimum absolute atomic E-state index is 0.192. The van der Waals surface area contributed by atoms with Crippen molar-refractivity contribution in [3.8, 4) is 11.5 Å². The SMILES string of the molecule is CCOc1cccc(CN[C@@H](C)c2cccc(Br)c2)c1O. The number of ether oxygens (including phenoxy) is 1. The second-order valence-corrected chi connectivity index (χ2v) is 5.77. The van der Waals surface area contributed by atoms with Crippen LogP contribution in [0.5, 0.6) is 11.5 Å². The molecule has 0 aromatic heterocycles. The summed E-state index contributed by atoms with van der Waals surface area (Å²) >= 11 is 3.48. The van der Waals surface area contributed by atoms with Crippen molar-refractivity contribution in [3.63, 3.8) is 0 Å². The van der Waals surface area contributed by atoms with Crippen molar-refractivity contribution in [2.24, 2.45) is 0 Å². The molecular weight excluding hydrogens is 330 g/mol. The molecule has 2 aromatic rings. The van der Waals surface area contributed by atoms with E-state index in [4.69, 9.17) is 4.74 Å². The normalized spacial score (nSPS) is 12.1. The Morgan fingerprint density at radius 2 is 2.00 bits per heavy atom. The average Bonchev–Trinajstić information content (AvgIpc) is 2.48. The Morgan fingerprint density at radius 3 is 2.71 bits per heavy atom. The Morgan fingerprint density at radius 1 is 1.24 bits per heavy atom. The van der Waals surface area contributed by atoms with Gasteiger partial charge in [-0.15, -0.1) is 0 Å². The molecular formula is C17H20BrNO2. The van der Waals surface area contributed by atoms with Crippen molar-refractivity contribution < 1.29 is 9.84 Å². The third-order valence-electron chi connectivity index (χ3n) is 3.33. The van der Waals surface area contributed by atoms with Crippen molar-refractivity contribution >= 4 is 15.9 Å². The first-order valence-corrected chi connectivity index (χ1v) is 7.83. The van der Waals surface area contributed by atoms with Crippen molar-refractivity contribution in [1.29, 1.82) is 0 Å². The van der Waals surface area contributed by atoms with Crippen molar-refractivity contribution in [2.75, 3.05) is 6.61 Å². The van der Waals surface area contributed by atoms with Crippen molar-refractivity contribution in [3.05, 3.63) is 58.1 Å². The molecule has 0 amide bonds. The van der Waals surface area contributed by atoms with Crippen LogP contribution in [0.2, 0.25) is 0 Å². The first-order valence-electron chi connectivity index (χ1n) is 7.04. The van der Waals surface area contributed by atoms with Gasteiger partial charge >= 0.3 is 0 Å². The Hall–Kier alpha value is -1.52. The van der Waals surface area contributed by atoms with Crippen LogP contribution in [0.4, 0.5) is 0 Å². The van der Waals surface area contributed by atoms with Gasteiger partial charge < -0.3 is 15.2 Å². The summed E-state index contributed by atoms with van der Waals surface area (Å²) in [4.78, 5) is 0. The fourth-order valence-electron chi connectivity index (χ4n) is 2.14. The summed E-state index contributed by atoms with van der Waals surface area (Å²) in [7, 11) is 0. The predicted molar refractivity (Wildman–Crippen MR) is 88.7 cm³/mol. The van der Waals surface area contributed by atoms with Crippen LogP contribution in [-0.2, 0) is 6.54 Å². The Balaban J connectivity index is 2.04. The summed E-state index contributed by atoms with van der Waals surface area (Å²) in [5.74, 6) is 0.750. The van der Waals surface area contributed by atoms with Gasteiger partial charge in [0.1, 0.15) is 0 Å². The Bertz CT molecular complexity index is 601. The van der Waals surface area contributed by atoms with Crippen LogP contribution in [0.25, 0.3) is 0 Å². The van der Waals surface area contributed by atoms with Gasteiger partial charge in [-0.05, 0) is 37.6 Å². The number of aromatic hydroxyl groups is 1. The van der Waals surface area contributed by atoms with Crippen LogP contribution >= 0.6 is 15.9 Å². The molecule has 0 aliphatic heterocycles. The number of para-hydroxylation sites is 1. The van der Waals surface area contributed by atoms with Gasteiger partial charge in [0.05, 0.1) is 6.61 Å². The molecule has 0 heterocycles. The average molecular weight is 350 g/mol. The summed E-state index contributed by atoms with van der Waals surface area (Å²) in [5, 5.41) is 13.6. The van der Waals surface area contributed by atoms with Gasteiger partial charge in [0.25, 0.3) is 0 Å². The van der Waals surface area contributed by atoms with Gasteiger partial charge in [-0.25, -0.2) is 0 Å². The molecule has 1 atom stereocenters. The summed E-state index contributed by atoms with van der Waals surface area (Å²) in [6.07, 6.45) is 0. The van der Waals surface area contributed by atoms with E-state index in [1.165, 1.54) is 5.56 Å². The van der Waals surface area contributed by atoms with Crippen molar-refractivity contribution in [2.45, 2.75) is 26.4 Å². The number of nitrogens with one attached hydrogen (secondary N) is 1. The minimum atomic E-state index is 0.192. The van der Waals surface area contributed by atoms with E-state index < -0.39 is 0 Å². The summed E-state index contributed by atoms with van der Waals surface area (Å²) in [6.45, 7) is 5.13. The summed E-state index contributed by atoms with van der Waals surface area (Å²) < 4.78 is 6.47.